The van der Waals surface area contributed by atoms with E-state index in [1.54, 1.807) is 0 Å². The molecule has 0 amide bonds. The Morgan fingerprint density at radius 2 is 0.431 bits per heavy atom. The summed E-state index contributed by atoms with van der Waals surface area (Å²) in [5.74, 6) is 0. The zero-order valence-corrected chi connectivity index (χ0v) is 76.0. The Hall–Kier alpha value is -17.8. The zero-order chi connectivity index (χ0) is 91.3. The van der Waals surface area contributed by atoms with E-state index in [1.807, 2.05) is 0 Å². The molecule has 0 N–H and O–H groups in total. The highest BCUT2D eigenvalue weighted by Crippen LogP contribution is 2.52. The third-order valence-corrected chi connectivity index (χ3v) is 27.6. The van der Waals surface area contributed by atoms with Crippen LogP contribution in [-0.2, 0) is 5.41 Å². The minimum absolute atomic E-state index is 0.0864. The van der Waals surface area contributed by atoms with E-state index in [9.17, 15) is 0 Å². The lowest BCUT2D eigenvalue weighted by molar-refractivity contribution is 0.660. The molecule has 25 aromatic rings. The monoisotopic (exact) mass is 1750 g/mol. The molecule has 26 rings (SSSR count). The molecule has 6 nitrogen and oxygen atoms in total. The van der Waals surface area contributed by atoms with Crippen LogP contribution in [0, 0.1) is 0 Å². The van der Waals surface area contributed by atoms with Crippen molar-refractivity contribution in [2.24, 2.45) is 0 Å². The third kappa shape index (κ3) is 15.2. The topological polar surface area (TPSA) is 24.5 Å². The van der Waals surface area contributed by atoms with Crippen LogP contribution in [0.25, 0.3) is 160 Å². The van der Waals surface area contributed by atoms with Crippen LogP contribution in [0.3, 0.4) is 0 Å². The first-order chi connectivity index (χ1) is 67.7. The first-order valence-corrected chi connectivity index (χ1v) is 47.2. The van der Waals surface area contributed by atoms with Crippen LogP contribution >= 0.6 is 0 Å². The third-order valence-electron chi connectivity index (χ3n) is 27.6. The first kappa shape index (κ1) is 82.3. The number of fused-ring (bicyclic) bond motifs is 14. The van der Waals surface area contributed by atoms with Gasteiger partial charge in [0.05, 0.1) is 44.5 Å². The van der Waals surface area contributed by atoms with Gasteiger partial charge in [0.15, 0.2) is 0 Å². The molecule has 0 bridgehead atoms. The summed E-state index contributed by atoms with van der Waals surface area (Å²) < 4.78 is 7.09. The number of para-hydroxylation sites is 8. The fourth-order valence-corrected chi connectivity index (χ4v) is 21.0. The lowest BCUT2D eigenvalue weighted by atomic mass is 9.82. The van der Waals surface area contributed by atoms with Crippen LogP contribution in [0.1, 0.15) is 25.0 Å². The number of nitrogens with zero attached hydrogens (tertiary/aromatic N) is 6. The Balaban J connectivity index is 0.000000114. The normalized spacial score (nSPS) is 11.9. The number of benzene rings is 22. The number of hydrogen-bond acceptors (Lipinski definition) is 3. The molecule has 0 aliphatic heterocycles. The molecule has 0 radical (unpaired) electrons. The SMILES string of the molecule is CC1(C)c2ccccc2-c2ccc(N(c3ccc(-c4ccccc4)cc3)c3ccc(-c4ccc5c(c4)c4ccccc4n5-c4ccccc4)cc3)cc21.c1ccc(N(c2ccc(-c3ccc(N(c4ccccc4)c4cccc5ccccc45)cc3)cc2)c2cccc3ccccc23)cc1.c1ccc2c(c1)c1ccccc1n2-c1ccc(-c2ccc(-n3c4ccccc4c4ccccc43)cc2)cc1. The second-order valence-electron chi connectivity index (χ2n) is 35.9. The summed E-state index contributed by atoms with van der Waals surface area (Å²) >= 11 is 0. The molecule has 0 saturated heterocycles. The summed E-state index contributed by atoms with van der Waals surface area (Å²) in [5, 5.41) is 12.6. The van der Waals surface area contributed by atoms with E-state index in [2.05, 4.69) is 576 Å². The largest absolute Gasteiger partial charge is 0.310 e. The molecular formula is C131H94N6. The summed E-state index contributed by atoms with van der Waals surface area (Å²) in [6.07, 6.45) is 0. The minimum atomic E-state index is -0.0864. The molecule has 0 atom stereocenters. The van der Waals surface area contributed by atoms with Gasteiger partial charge < -0.3 is 28.4 Å². The molecular weight excluding hydrogens is 1660 g/mol. The lowest BCUT2D eigenvalue weighted by Crippen LogP contribution is -2.16. The van der Waals surface area contributed by atoms with Crippen LogP contribution < -0.4 is 14.7 Å². The van der Waals surface area contributed by atoms with Gasteiger partial charge in [-0.15, -0.1) is 0 Å². The average molecular weight is 1750 g/mol. The molecule has 0 spiro atoms. The highest BCUT2D eigenvalue weighted by Gasteiger charge is 2.36. The highest BCUT2D eigenvalue weighted by molar-refractivity contribution is 6.13. The van der Waals surface area contributed by atoms with Gasteiger partial charge >= 0.3 is 0 Å². The standard InChI is InChI=1S/C51H38N2.C44H32N2.C36H24N2/c1-51(2)47-19-11-9-17-43(47)44-31-30-42(34-48(44)51)52(40-26-21-36(22-27-40)35-13-5-3-6-14-35)41-28-23-37(24-29-41)38-25-32-50-46(33-38)45-18-10-12-20-49(45)53(50)39-15-7-4-8-16-39;1-3-17-37(18-4-1)45(43-23-11-15-35-13-7-9-21-41(35)43)39-29-25-33(26-30-39)34-27-31-40(32-28-34)46(38-19-5-2-6-20-38)44-24-12-16-36-14-8-10-22-42(36)44;1-5-13-33-29(9-1)30-10-2-6-14-34(30)37(33)27-21-17-25(18-22-27)26-19-23-28(24-20-26)38-35-15-7-3-11-31(35)32-12-4-8-16-36(32)38/h3-34H,1-2H3;1-32H;1-24H. The van der Waals surface area contributed by atoms with Crippen LogP contribution in [0.4, 0.5) is 51.2 Å². The summed E-state index contributed by atoms with van der Waals surface area (Å²) in [6.45, 7) is 4.70. The van der Waals surface area contributed by atoms with Crippen LogP contribution in [0.15, 0.2) is 534 Å². The zero-order valence-electron chi connectivity index (χ0n) is 76.0. The molecule has 3 heterocycles. The smallest absolute Gasteiger partial charge is 0.0541 e. The van der Waals surface area contributed by atoms with Crippen molar-refractivity contribution < 1.29 is 0 Å². The number of aromatic nitrogens is 3. The van der Waals surface area contributed by atoms with Gasteiger partial charge in [-0.25, -0.2) is 0 Å². The maximum Gasteiger partial charge on any atom is 0.0541 e. The van der Waals surface area contributed by atoms with E-state index in [0.717, 1.165) is 51.2 Å². The van der Waals surface area contributed by atoms with Gasteiger partial charge in [-0.2, -0.15) is 0 Å². The first-order valence-electron chi connectivity index (χ1n) is 47.2. The van der Waals surface area contributed by atoms with Gasteiger partial charge in [0, 0.05) is 105 Å². The van der Waals surface area contributed by atoms with Gasteiger partial charge in [-0.05, 0) is 253 Å². The minimum Gasteiger partial charge on any atom is -0.310 e. The highest BCUT2D eigenvalue weighted by atomic mass is 15.2. The van der Waals surface area contributed by atoms with E-state index >= 15 is 0 Å². The fourth-order valence-electron chi connectivity index (χ4n) is 21.0. The molecule has 6 heteroatoms. The summed E-state index contributed by atoms with van der Waals surface area (Å²) in [6, 6.07) is 192. The molecule has 3 aromatic heterocycles. The lowest BCUT2D eigenvalue weighted by Gasteiger charge is -2.28. The van der Waals surface area contributed by atoms with Crippen molar-refractivity contribution >= 4 is 138 Å². The van der Waals surface area contributed by atoms with Gasteiger partial charge in [0.1, 0.15) is 0 Å². The number of anilines is 9. The van der Waals surface area contributed by atoms with Crippen LogP contribution in [0.5, 0.6) is 0 Å². The van der Waals surface area contributed by atoms with Crippen molar-refractivity contribution in [3.8, 4) is 72.7 Å². The molecule has 1 aliphatic carbocycles. The molecule has 0 saturated carbocycles. The Labute approximate surface area is 797 Å². The van der Waals surface area contributed by atoms with E-state index in [1.165, 1.54) is 171 Å². The van der Waals surface area contributed by atoms with Gasteiger partial charge in [0.25, 0.3) is 0 Å². The predicted molar refractivity (Wildman–Crippen MR) is 581 cm³/mol. The Kier molecular flexibility index (Phi) is 21.2. The Morgan fingerprint density at radius 1 is 0.161 bits per heavy atom. The predicted octanol–water partition coefficient (Wildman–Crippen LogP) is 36.0. The number of rotatable bonds is 16. The maximum atomic E-state index is 2.41. The quantitative estimate of drug-likeness (QED) is 0.0964. The molecule has 0 unspecified atom stereocenters. The van der Waals surface area contributed by atoms with Crippen molar-refractivity contribution in [2.45, 2.75) is 19.3 Å². The van der Waals surface area contributed by atoms with E-state index in [-0.39, 0.29) is 5.41 Å². The van der Waals surface area contributed by atoms with E-state index in [4.69, 9.17) is 0 Å². The van der Waals surface area contributed by atoms with Gasteiger partial charge in [-0.1, -0.05) is 372 Å². The van der Waals surface area contributed by atoms with Crippen molar-refractivity contribution in [1.82, 2.24) is 13.7 Å². The molecule has 648 valence electrons. The fraction of sp³-hybridized carbons (Fsp3) is 0.0229. The van der Waals surface area contributed by atoms with Crippen molar-refractivity contribution in [2.75, 3.05) is 14.7 Å². The second kappa shape index (κ2) is 35.4. The molecule has 22 aromatic carbocycles. The summed E-state index contributed by atoms with van der Waals surface area (Å²) in [4.78, 5) is 7.09. The van der Waals surface area contributed by atoms with Crippen molar-refractivity contribution in [1.29, 1.82) is 0 Å². The van der Waals surface area contributed by atoms with Crippen LogP contribution in [-0.4, -0.2) is 13.7 Å². The van der Waals surface area contributed by atoms with Crippen LogP contribution in [0.2, 0.25) is 0 Å². The molecule has 0 fully saturated rings. The molecule has 1 aliphatic rings. The van der Waals surface area contributed by atoms with E-state index < -0.39 is 0 Å². The van der Waals surface area contributed by atoms with E-state index in [0.29, 0.717) is 0 Å². The second-order valence-corrected chi connectivity index (χ2v) is 35.9. The van der Waals surface area contributed by atoms with Gasteiger partial charge in [-0.3, -0.25) is 0 Å². The summed E-state index contributed by atoms with van der Waals surface area (Å²) in [5.41, 5.74) is 36.0. The number of hydrogen-bond donors (Lipinski definition) is 0. The maximum absolute atomic E-state index is 2.41. The Morgan fingerprint density at radius 3 is 0.847 bits per heavy atom. The average Bonchev–Trinajstić information content (AvgIpc) is 1.62. The Bertz CT molecular complexity index is 8310. The van der Waals surface area contributed by atoms with Crippen molar-refractivity contribution in [3.05, 3.63) is 545 Å². The molecule has 137 heavy (non-hydrogen) atoms. The summed E-state index contributed by atoms with van der Waals surface area (Å²) in [7, 11) is 0. The van der Waals surface area contributed by atoms with Crippen molar-refractivity contribution in [3.63, 3.8) is 0 Å². The van der Waals surface area contributed by atoms with Gasteiger partial charge in [0.2, 0.25) is 0 Å².